The summed E-state index contributed by atoms with van der Waals surface area (Å²) in [7, 11) is 0. The molecule has 0 saturated carbocycles. The summed E-state index contributed by atoms with van der Waals surface area (Å²) in [6, 6.07) is 9.35. The molecule has 1 unspecified atom stereocenters. The Morgan fingerprint density at radius 3 is 2.67 bits per heavy atom. The highest BCUT2D eigenvalue weighted by atomic mass is 19.4. The number of halogens is 4. The monoisotopic (exact) mass is 460 g/mol. The molecule has 10 heteroatoms. The van der Waals surface area contributed by atoms with Crippen molar-refractivity contribution in [2.24, 2.45) is 5.92 Å². The predicted molar refractivity (Wildman–Crippen MR) is 110 cm³/mol. The van der Waals surface area contributed by atoms with Gasteiger partial charge in [0.2, 0.25) is 11.8 Å². The minimum absolute atomic E-state index is 0.00649. The fourth-order valence-electron chi connectivity index (χ4n) is 3.77. The fourth-order valence-corrected chi connectivity index (χ4v) is 3.77. The number of alkyl halides is 3. The molecule has 3 aromatic rings. The molecule has 0 radical (unpaired) electrons. The first-order valence-corrected chi connectivity index (χ1v) is 10.2. The Labute approximate surface area is 186 Å². The maximum atomic E-state index is 14.4. The van der Waals surface area contributed by atoms with E-state index in [0.717, 1.165) is 12.1 Å². The fraction of sp³-hybridized carbons (Fsp3) is 0.261. The van der Waals surface area contributed by atoms with Crippen LogP contribution < -0.4 is 5.32 Å². The van der Waals surface area contributed by atoms with Crippen molar-refractivity contribution in [1.82, 2.24) is 19.8 Å². The highest BCUT2D eigenvalue weighted by Crippen LogP contribution is 2.30. The summed E-state index contributed by atoms with van der Waals surface area (Å²) in [4.78, 5) is 30.1. The summed E-state index contributed by atoms with van der Waals surface area (Å²) in [5.74, 6) is -1.77. The number of hydrogen-bond donors (Lipinski definition) is 1. The van der Waals surface area contributed by atoms with Crippen LogP contribution in [0.4, 0.5) is 17.6 Å². The number of rotatable bonds is 6. The van der Waals surface area contributed by atoms with E-state index < -0.39 is 23.5 Å². The van der Waals surface area contributed by atoms with Gasteiger partial charge in [-0.3, -0.25) is 9.59 Å². The highest BCUT2D eigenvalue weighted by molar-refractivity contribution is 5.89. The molecular weight excluding hydrogens is 440 g/mol. The third-order valence-electron chi connectivity index (χ3n) is 5.47. The molecule has 1 N–H and O–H groups in total. The van der Waals surface area contributed by atoms with Crippen molar-refractivity contribution in [2.75, 3.05) is 6.54 Å². The van der Waals surface area contributed by atoms with Crippen molar-refractivity contribution >= 4 is 11.8 Å². The summed E-state index contributed by atoms with van der Waals surface area (Å²) < 4.78 is 54.6. The van der Waals surface area contributed by atoms with E-state index in [1.807, 2.05) is 0 Å². The maximum absolute atomic E-state index is 14.4. The second-order valence-corrected chi connectivity index (χ2v) is 7.85. The average molecular weight is 460 g/mol. The summed E-state index contributed by atoms with van der Waals surface area (Å²) in [6.45, 7) is 0.181. The number of benzene rings is 2. The van der Waals surface area contributed by atoms with E-state index in [4.69, 9.17) is 0 Å². The molecule has 0 aliphatic carbocycles. The SMILES string of the molecule is O=C(NCc1ccc(-n2ccnc2)c(F)c1)C1CC(=O)N(Cc2cccc(C(F)(F)F)c2)C1. The normalized spacial score (nSPS) is 16.3. The molecule has 1 aliphatic heterocycles. The van der Waals surface area contributed by atoms with E-state index in [2.05, 4.69) is 10.3 Å². The summed E-state index contributed by atoms with van der Waals surface area (Å²) in [6.07, 6.45) is 0.125. The van der Waals surface area contributed by atoms with Gasteiger partial charge in [-0.05, 0) is 35.4 Å². The molecule has 2 amide bonds. The van der Waals surface area contributed by atoms with Crippen molar-refractivity contribution in [3.63, 3.8) is 0 Å². The van der Waals surface area contributed by atoms with Crippen molar-refractivity contribution in [1.29, 1.82) is 0 Å². The molecule has 1 atom stereocenters. The number of carbonyl (C=O) groups excluding carboxylic acids is 2. The molecule has 172 valence electrons. The number of amides is 2. The van der Waals surface area contributed by atoms with Gasteiger partial charge in [0.1, 0.15) is 5.82 Å². The Hall–Kier alpha value is -3.69. The molecule has 1 aliphatic rings. The first kappa shape index (κ1) is 22.5. The van der Waals surface area contributed by atoms with Crippen molar-refractivity contribution < 1.29 is 27.2 Å². The molecule has 33 heavy (non-hydrogen) atoms. The van der Waals surface area contributed by atoms with Crippen LogP contribution in [0.5, 0.6) is 0 Å². The van der Waals surface area contributed by atoms with Gasteiger partial charge in [0.05, 0.1) is 23.5 Å². The van der Waals surface area contributed by atoms with Crippen LogP contribution in [0.2, 0.25) is 0 Å². The Kier molecular flexibility index (Phi) is 6.17. The third-order valence-corrected chi connectivity index (χ3v) is 5.47. The van der Waals surface area contributed by atoms with Gasteiger partial charge in [-0.1, -0.05) is 18.2 Å². The maximum Gasteiger partial charge on any atom is 0.416 e. The molecule has 0 bridgehead atoms. The van der Waals surface area contributed by atoms with Crippen LogP contribution in [0.15, 0.2) is 61.2 Å². The van der Waals surface area contributed by atoms with Gasteiger partial charge < -0.3 is 14.8 Å². The Bertz CT molecular complexity index is 1160. The average Bonchev–Trinajstić information content (AvgIpc) is 3.42. The predicted octanol–water partition coefficient (Wildman–Crippen LogP) is 3.70. The van der Waals surface area contributed by atoms with E-state index in [1.165, 1.54) is 40.2 Å². The number of imidazole rings is 1. The van der Waals surface area contributed by atoms with Crippen LogP contribution in [0.25, 0.3) is 5.69 Å². The van der Waals surface area contributed by atoms with E-state index in [0.29, 0.717) is 16.8 Å². The third kappa shape index (κ3) is 5.21. The van der Waals surface area contributed by atoms with E-state index >= 15 is 0 Å². The van der Waals surface area contributed by atoms with Gasteiger partial charge in [0, 0.05) is 38.4 Å². The van der Waals surface area contributed by atoms with Gasteiger partial charge in [0.25, 0.3) is 0 Å². The lowest BCUT2D eigenvalue weighted by atomic mass is 10.1. The molecule has 6 nitrogen and oxygen atoms in total. The van der Waals surface area contributed by atoms with E-state index in [9.17, 15) is 27.2 Å². The zero-order valence-corrected chi connectivity index (χ0v) is 17.3. The Morgan fingerprint density at radius 1 is 1.15 bits per heavy atom. The number of nitrogens with one attached hydrogen (secondary N) is 1. The van der Waals surface area contributed by atoms with Gasteiger partial charge in [0.15, 0.2) is 0 Å². The molecular formula is C23H20F4N4O2. The van der Waals surface area contributed by atoms with Gasteiger partial charge >= 0.3 is 6.18 Å². The van der Waals surface area contributed by atoms with E-state index in [-0.39, 0.29) is 37.9 Å². The molecule has 1 saturated heterocycles. The van der Waals surface area contributed by atoms with E-state index in [1.54, 1.807) is 18.3 Å². The van der Waals surface area contributed by atoms with Gasteiger partial charge in [-0.15, -0.1) is 0 Å². The largest absolute Gasteiger partial charge is 0.416 e. The van der Waals surface area contributed by atoms with Gasteiger partial charge in [-0.2, -0.15) is 13.2 Å². The number of likely N-dealkylation sites (tertiary alicyclic amines) is 1. The van der Waals surface area contributed by atoms with Crippen LogP contribution in [0.3, 0.4) is 0 Å². The van der Waals surface area contributed by atoms with Crippen LogP contribution in [0, 0.1) is 11.7 Å². The smallest absolute Gasteiger partial charge is 0.352 e. The molecule has 2 aromatic carbocycles. The first-order valence-electron chi connectivity index (χ1n) is 10.2. The topological polar surface area (TPSA) is 67.2 Å². The summed E-state index contributed by atoms with van der Waals surface area (Å²) in [5, 5.41) is 2.70. The Morgan fingerprint density at radius 2 is 1.97 bits per heavy atom. The van der Waals surface area contributed by atoms with Crippen molar-refractivity contribution in [3.8, 4) is 5.69 Å². The molecule has 1 aromatic heterocycles. The molecule has 0 spiro atoms. The first-order chi connectivity index (χ1) is 15.7. The lowest BCUT2D eigenvalue weighted by Gasteiger charge is -2.18. The zero-order valence-electron chi connectivity index (χ0n) is 17.3. The van der Waals surface area contributed by atoms with Crippen LogP contribution in [-0.4, -0.2) is 32.8 Å². The summed E-state index contributed by atoms with van der Waals surface area (Å²) in [5.41, 5.74) is 0.434. The minimum atomic E-state index is -4.47. The van der Waals surface area contributed by atoms with Gasteiger partial charge in [-0.25, -0.2) is 9.37 Å². The number of hydrogen-bond acceptors (Lipinski definition) is 3. The number of nitrogens with zero attached hydrogens (tertiary/aromatic N) is 3. The quantitative estimate of drug-likeness (QED) is 0.571. The lowest BCUT2D eigenvalue weighted by Crippen LogP contribution is -2.32. The molecule has 2 heterocycles. The number of aromatic nitrogens is 2. The van der Waals surface area contributed by atoms with Crippen molar-refractivity contribution in [3.05, 3.63) is 83.7 Å². The molecule has 4 rings (SSSR count). The van der Waals surface area contributed by atoms with Crippen LogP contribution in [0.1, 0.15) is 23.1 Å². The molecule has 1 fully saturated rings. The second-order valence-electron chi connectivity index (χ2n) is 7.85. The standard InChI is InChI=1S/C23H20F4N4O2/c24-19-9-15(4-5-20(19)30-7-6-28-14-30)11-29-22(33)17-10-21(32)31(13-17)12-16-2-1-3-18(8-16)23(25,26)27/h1-9,14,17H,10-13H2,(H,29,33). The number of carbonyl (C=O) groups is 2. The second kappa shape index (κ2) is 9.05. The van der Waals surface area contributed by atoms with Crippen LogP contribution >= 0.6 is 0 Å². The Balaban J connectivity index is 1.34. The van der Waals surface area contributed by atoms with Crippen LogP contribution in [-0.2, 0) is 28.9 Å². The zero-order chi connectivity index (χ0) is 23.6. The highest BCUT2D eigenvalue weighted by Gasteiger charge is 2.35. The summed E-state index contributed by atoms with van der Waals surface area (Å²) >= 11 is 0. The van der Waals surface area contributed by atoms with Crippen molar-refractivity contribution in [2.45, 2.75) is 25.7 Å². The minimum Gasteiger partial charge on any atom is -0.352 e. The lowest BCUT2D eigenvalue weighted by molar-refractivity contribution is -0.137.